The SMILES string of the molecule is Cc1c(NC(=O)c2ccc(CNCCNC(=O)CCCNC(=O)OC(C)(C)C)cn2)cccc1-c1cccc(NC(=O)c2ccc(COC(=O)NC[C@@H]3CCC(=O)N3)cn2)c1Cl. The van der Waals surface area contributed by atoms with Crippen molar-refractivity contribution in [3.63, 3.8) is 0 Å². The molecule has 1 aliphatic rings. The quantitative estimate of drug-likeness (QED) is 0.0607. The van der Waals surface area contributed by atoms with E-state index in [9.17, 15) is 28.8 Å². The summed E-state index contributed by atoms with van der Waals surface area (Å²) in [5.74, 6) is -1.05. The molecule has 7 N–H and O–H groups in total. The molecule has 62 heavy (non-hydrogen) atoms. The molecule has 0 saturated carbocycles. The topological polar surface area (TPSA) is 231 Å². The van der Waals surface area contributed by atoms with Gasteiger partial charge in [-0.1, -0.05) is 48.0 Å². The molecule has 5 rings (SSSR count). The lowest BCUT2D eigenvalue weighted by Crippen LogP contribution is -2.38. The van der Waals surface area contributed by atoms with Crippen LogP contribution in [0.25, 0.3) is 11.1 Å². The number of pyridine rings is 2. The zero-order valence-corrected chi connectivity index (χ0v) is 35.9. The fourth-order valence-electron chi connectivity index (χ4n) is 6.18. The molecule has 2 aromatic carbocycles. The van der Waals surface area contributed by atoms with Gasteiger partial charge in [0.25, 0.3) is 11.8 Å². The van der Waals surface area contributed by atoms with Gasteiger partial charge in [-0.25, -0.2) is 9.59 Å². The summed E-state index contributed by atoms with van der Waals surface area (Å²) in [5, 5.41) is 20.1. The van der Waals surface area contributed by atoms with Crippen molar-refractivity contribution in [2.45, 2.75) is 78.2 Å². The van der Waals surface area contributed by atoms with Crippen molar-refractivity contribution < 1.29 is 38.2 Å². The number of ether oxygens (including phenoxy) is 2. The molecule has 0 aliphatic carbocycles. The lowest BCUT2D eigenvalue weighted by atomic mass is 9.98. The summed E-state index contributed by atoms with van der Waals surface area (Å²) < 4.78 is 10.4. The molecule has 17 nitrogen and oxygen atoms in total. The summed E-state index contributed by atoms with van der Waals surface area (Å²) in [6.07, 6.45) is 3.78. The maximum absolute atomic E-state index is 13.2. The number of amides is 6. The van der Waals surface area contributed by atoms with Crippen LogP contribution >= 0.6 is 11.6 Å². The number of halogens is 1. The summed E-state index contributed by atoms with van der Waals surface area (Å²) in [6, 6.07) is 17.1. The maximum Gasteiger partial charge on any atom is 0.407 e. The van der Waals surface area contributed by atoms with E-state index in [2.05, 4.69) is 47.2 Å². The van der Waals surface area contributed by atoms with Gasteiger partial charge in [-0.2, -0.15) is 0 Å². The molecule has 328 valence electrons. The van der Waals surface area contributed by atoms with E-state index in [1.54, 1.807) is 69.4 Å². The molecule has 6 amide bonds. The molecule has 0 radical (unpaired) electrons. The standard InChI is InChI=1S/C44H52ClN9O8/c1-27-31(32-9-6-11-34(39(32)45)54-41(58)36-17-14-29(24-50-36)26-61-42(59)51-25-30-15-18-38(56)52-30)8-5-10-33(27)53-40(57)35-16-13-28(23-49-35)22-46-20-21-47-37(55)12-7-19-48-43(60)62-44(2,3)4/h5-6,8-11,13-14,16-17,23-24,30,46H,7,12,15,18-22,25-26H2,1-4H3,(H,47,55)(H,48,60)(H,51,59)(H,52,56)(H,53,57)(H,54,58)/t30-/m0/s1. The number of rotatable bonds is 18. The fraction of sp³-hybridized carbons (Fsp3) is 0.364. The highest BCUT2D eigenvalue weighted by molar-refractivity contribution is 6.36. The van der Waals surface area contributed by atoms with Crippen LogP contribution in [0.4, 0.5) is 21.0 Å². The zero-order valence-electron chi connectivity index (χ0n) is 35.1. The van der Waals surface area contributed by atoms with Crippen LogP contribution in [-0.4, -0.2) is 83.6 Å². The number of hydrogen-bond acceptors (Lipinski definition) is 11. The second-order valence-corrected chi connectivity index (χ2v) is 15.9. The monoisotopic (exact) mass is 869 g/mol. The number of benzene rings is 2. The average Bonchev–Trinajstić information content (AvgIpc) is 3.66. The predicted octanol–water partition coefficient (Wildman–Crippen LogP) is 5.63. The summed E-state index contributed by atoms with van der Waals surface area (Å²) in [6.45, 7) is 9.20. The van der Waals surface area contributed by atoms with Crippen LogP contribution in [0, 0.1) is 6.92 Å². The van der Waals surface area contributed by atoms with E-state index in [0.717, 1.165) is 16.7 Å². The number of hydrogen-bond donors (Lipinski definition) is 7. The maximum atomic E-state index is 13.2. The van der Waals surface area contributed by atoms with Gasteiger partial charge in [-0.15, -0.1) is 0 Å². The van der Waals surface area contributed by atoms with E-state index in [-0.39, 0.29) is 48.8 Å². The second kappa shape index (κ2) is 22.3. The highest BCUT2D eigenvalue weighted by Gasteiger charge is 2.22. The molecule has 1 fully saturated rings. The van der Waals surface area contributed by atoms with E-state index in [0.29, 0.717) is 73.0 Å². The Hall–Kier alpha value is -6.59. The Bertz CT molecular complexity index is 2230. The lowest BCUT2D eigenvalue weighted by Gasteiger charge is -2.19. The molecule has 0 spiro atoms. The molecule has 4 aromatic rings. The second-order valence-electron chi connectivity index (χ2n) is 15.5. The number of nitrogens with one attached hydrogen (secondary N) is 7. The van der Waals surface area contributed by atoms with E-state index in [1.165, 1.54) is 12.3 Å². The average molecular weight is 870 g/mol. The van der Waals surface area contributed by atoms with Gasteiger partial charge >= 0.3 is 12.2 Å². The van der Waals surface area contributed by atoms with Crippen molar-refractivity contribution in [2.24, 2.45) is 0 Å². The zero-order chi connectivity index (χ0) is 44.6. The van der Waals surface area contributed by atoms with E-state index in [4.69, 9.17) is 21.1 Å². The Kier molecular flexibility index (Phi) is 16.7. The number of anilines is 2. The molecule has 1 aliphatic heterocycles. The summed E-state index contributed by atoms with van der Waals surface area (Å²) in [5.41, 5.74) is 4.23. The number of carbonyl (C=O) groups excluding carboxylic acids is 6. The predicted molar refractivity (Wildman–Crippen MR) is 234 cm³/mol. The third-order valence-electron chi connectivity index (χ3n) is 9.38. The van der Waals surface area contributed by atoms with Gasteiger partial charge in [0.05, 0.1) is 10.7 Å². The summed E-state index contributed by atoms with van der Waals surface area (Å²) >= 11 is 6.85. The Labute approximate surface area is 364 Å². The Balaban J connectivity index is 1.06. The first-order valence-corrected chi connectivity index (χ1v) is 20.6. The third-order valence-corrected chi connectivity index (χ3v) is 9.79. The van der Waals surface area contributed by atoms with Crippen LogP contribution in [-0.2, 0) is 32.2 Å². The fourth-order valence-corrected chi connectivity index (χ4v) is 6.46. The molecular formula is C44H52ClN9O8. The smallest absolute Gasteiger partial charge is 0.407 e. The Morgan fingerprint density at radius 1 is 0.790 bits per heavy atom. The highest BCUT2D eigenvalue weighted by atomic mass is 35.5. The van der Waals surface area contributed by atoms with Crippen molar-refractivity contribution in [1.82, 2.24) is 36.6 Å². The number of carbonyl (C=O) groups is 6. The van der Waals surface area contributed by atoms with Gasteiger partial charge in [0.1, 0.15) is 23.6 Å². The van der Waals surface area contributed by atoms with Crippen LogP contribution in [0.15, 0.2) is 73.1 Å². The van der Waals surface area contributed by atoms with Crippen LogP contribution in [0.2, 0.25) is 5.02 Å². The number of alkyl carbamates (subject to hydrolysis) is 2. The van der Waals surface area contributed by atoms with Gasteiger partial charge in [-0.05, 0) is 81.5 Å². The van der Waals surface area contributed by atoms with Crippen LogP contribution in [0.3, 0.4) is 0 Å². The minimum absolute atomic E-state index is 0.0392. The van der Waals surface area contributed by atoms with Gasteiger partial charge in [0, 0.05) is 80.8 Å². The molecule has 1 saturated heterocycles. The van der Waals surface area contributed by atoms with E-state index >= 15 is 0 Å². The van der Waals surface area contributed by atoms with Crippen molar-refractivity contribution in [1.29, 1.82) is 0 Å². The summed E-state index contributed by atoms with van der Waals surface area (Å²) in [4.78, 5) is 82.2. The van der Waals surface area contributed by atoms with Crippen LogP contribution < -0.4 is 37.2 Å². The Morgan fingerprint density at radius 2 is 1.45 bits per heavy atom. The molecule has 2 aromatic heterocycles. The van der Waals surface area contributed by atoms with Crippen LogP contribution in [0.1, 0.15) is 84.1 Å². The van der Waals surface area contributed by atoms with Crippen molar-refractivity contribution in [3.05, 3.63) is 106 Å². The lowest BCUT2D eigenvalue weighted by molar-refractivity contribution is -0.121. The third kappa shape index (κ3) is 14.6. The molecule has 0 unspecified atom stereocenters. The number of aromatic nitrogens is 2. The molecular weight excluding hydrogens is 818 g/mol. The highest BCUT2D eigenvalue weighted by Crippen LogP contribution is 2.37. The van der Waals surface area contributed by atoms with Crippen molar-refractivity contribution >= 4 is 58.8 Å². The first-order valence-electron chi connectivity index (χ1n) is 20.2. The molecule has 3 heterocycles. The van der Waals surface area contributed by atoms with E-state index in [1.807, 2.05) is 19.1 Å². The minimum Gasteiger partial charge on any atom is -0.445 e. The van der Waals surface area contributed by atoms with Gasteiger partial charge in [0.2, 0.25) is 11.8 Å². The molecule has 1 atom stereocenters. The van der Waals surface area contributed by atoms with Gasteiger partial charge < -0.3 is 46.7 Å². The molecule has 18 heteroatoms. The number of nitrogens with zero attached hydrogens (tertiary/aromatic N) is 2. The Morgan fingerprint density at radius 3 is 2.10 bits per heavy atom. The first kappa shape index (κ1) is 46.5. The van der Waals surface area contributed by atoms with Crippen molar-refractivity contribution in [2.75, 3.05) is 36.8 Å². The van der Waals surface area contributed by atoms with E-state index < -0.39 is 29.6 Å². The summed E-state index contributed by atoms with van der Waals surface area (Å²) in [7, 11) is 0. The normalized spacial score (nSPS) is 13.4. The van der Waals surface area contributed by atoms with Gasteiger partial charge in [-0.3, -0.25) is 29.1 Å². The first-order chi connectivity index (χ1) is 29.6. The van der Waals surface area contributed by atoms with Gasteiger partial charge in [0.15, 0.2) is 0 Å². The molecule has 0 bridgehead atoms. The minimum atomic E-state index is -0.627. The van der Waals surface area contributed by atoms with Crippen LogP contribution in [0.5, 0.6) is 0 Å². The van der Waals surface area contributed by atoms with Crippen molar-refractivity contribution in [3.8, 4) is 11.1 Å². The largest absolute Gasteiger partial charge is 0.445 e.